The maximum Gasteiger partial charge on any atom is 0.485 e. The number of rotatable bonds is 8. The molecule has 14 rings (SSSR count). The predicted octanol–water partition coefficient (Wildman–Crippen LogP) is 18.4. The summed E-state index contributed by atoms with van der Waals surface area (Å²) in [5.41, 5.74) is 11.6. The number of para-hydroxylation sites is 1. The third-order valence-electron chi connectivity index (χ3n) is 13.7. The van der Waals surface area contributed by atoms with Crippen LogP contribution in [0.3, 0.4) is 0 Å². The first kappa shape index (κ1) is 75.7. The first-order chi connectivity index (χ1) is 46.0. The van der Waals surface area contributed by atoms with Crippen molar-refractivity contribution in [2.45, 2.75) is 45.0 Å². The molecule has 14 aromatic rings. The molecule has 498 valence electrons. The molecule has 8 aromatic heterocycles. The molecular formula is C76H66F4Ir2N6O7S-4. The summed E-state index contributed by atoms with van der Waals surface area (Å²) in [6, 6.07) is 84.4. The number of halogens is 4. The average Bonchev–Trinajstić information content (AvgIpc) is 1.63. The van der Waals surface area contributed by atoms with Gasteiger partial charge >= 0.3 is 5.51 Å². The molecule has 0 unspecified atom stereocenters. The van der Waals surface area contributed by atoms with Gasteiger partial charge in [-0.2, -0.15) is 13.2 Å². The Morgan fingerprint density at radius 2 is 0.875 bits per heavy atom. The summed E-state index contributed by atoms with van der Waals surface area (Å²) in [4.78, 5) is 27.1. The second kappa shape index (κ2) is 38.3. The van der Waals surface area contributed by atoms with Crippen molar-refractivity contribution in [3.05, 3.63) is 279 Å². The summed E-state index contributed by atoms with van der Waals surface area (Å²) in [6.07, 6.45) is 7.27. The number of benzene rings is 6. The maximum absolute atomic E-state index is 10.7. The molecule has 6 aromatic carbocycles. The van der Waals surface area contributed by atoms with Gasteiger partial charge in [0.25, 0.3) is 0 Å². The number of nitrogens with zero attached hydrogens (tertiary/aromatic N) is 6. The van der Waals surface area contributed by atoms with Gasteiger partial charge in [-0.3, -0.25) is 9.37 Å². The smallest absolute Gasteiger partial charge is 0.485 e. The first-order valence-corrected chi connectivity index (χ1v) is 30.5. The van der Waals surface area contributed by atoms with Crippen LogP contribution in [0.1, 0.15) is 52.3 Å². The molecule has 0 fully saturated rings. The minimum atomic E-state index is -6.09. The molecule has 0 bridgehead atoms. The minimum Gasteiger partial charge on any atom is -0.741 e. The molecular weight excluding hydrogens is 1600 g/mol. The fourth-order valence-corrected chi connectivity index (χ4v) is 9.28. The molecule has 13 nitrogen and oxygen atoms in total. The number of aromatic nitrogens is 6. The van der Waals surface area contributed by atoms with Gasteiger partial charge in [-0.1, -0.05) is 142 Å². The molecule has 0 spiro atoms. The fraction of sp³-hybridized carbons (Fsp3) is 0.132. The number of pyridine rings is 6. The number of aliphatic hydroxyl groups is 2. The van der Waals surface area contributed by atoms with Crippen molar-refractivity contribution in [3.63, 3.8) is 0 Å². The molecule has 0 aliphatic heterocycles. The van der Waals surface area contributed by atoms with Gasteiger partial charge in [-0.05, 0) is 112 Å². The van der Waals surface area contributed by atoms with E-state index >= 15 is 0 Å². The number of furan rings is 2. The van der Waals surface area contributed by atoms with Crippen molar-refractivity contribution < 1.29 is 91.2 Å². The molecule has 2 N–H and O–H groups in total. The van der Waals surface area contributed by atoms with Crippen LogP contribution in [0.4, 0.5) is 17.6 Å². The molecule has 0 saturated carbocycles. The van der Waals surface area contributed by atoms with Crippen molar-refractivity contribution in [2.75, 3.05) is 21.4 Å². The summed E-state index contributed by atoms with van der Waals surface area (Å²) in [5, 5.41) is 18.2. The van der Waals surface area contributed by atoms with Crippen LogP contribution < -0.4 is 0 Å². The van der Waals surface area contributed by atoms with Crippen molar-refractivity contribution >= 4 is 54.3 Å². The van der Waals surface area contributed by atoms with Crippen molar-refractivity contribution in [1.82, 2.24) is 29.9 Å². The zero-order valence-electron chi connectivity index (χ0n) is 53.7. The van der Waals surface area contributed by atoms with Gasteiger partial charge in [-0.15, -0.1) is 90.0 Å². The maximum atomic E-state index is 10.7. The third-order valence-corrected chi connectivity index (χ3v) is 14.3. The summed E-state index contributed by atoms with van der Waals surface area (Å²) >= 11 is 0. The molecule has 0 aliphatic rings. The van der Waals surface area contributed by atoms with E-state index in [0.717, 1.165) is 120 Å². The molecule has 20 heteroatoms. The van der Waals surface area contributed by atoms with Gasteiger partial charge in [0.2, 0.25) is 11.4 Å². The Bertz CT molecular complexity index is 4390. The van der Waals surface area contributed by atoms with Gasteiger partial charge in [-0.25, -0.2) is 18.4 Å². The van der Waals surface area contributed by atoms with E-state index in [9.17, 15) is 17.6 Å². The molecule has 0 atom stereocenters. The standard InChI is InChI=1S/C25H20N2O.C25H19N2O.2C11H8N.CHF3O3S.CH3F.2CH4O.2Ir/c2*1-16(2)22-12-11-20-19-9-6-10-21(24(19)28-25(20)27-22)23-15-18(13-14-26-23)17-7-4-3-5-8-17;2*1-2-6-10(7-3-1)11-8-4-5-9-12-11;2-1(3,4)8(5,6)7;3*1-2;;/h3-16H,1-2H3;3-9,11-16H,1-2H3;2*1-6,8-9H;(H,5,6,7);1H3;2*2H,1H3;;/q;3*-1;;;;;;/p-1/i;;;;;1D;;;;. The van der Waals surface area contributed by atoms with E-state index in [1.54, 1.807) is 12.4 Å². The fourth-order valence-electron chi connectivity index (χ4n) is 9.28. The summed E-state index contributed by atoms with van der Waals surface area (Å²) in [6.45, 7) is 8.55. The van der Waals surface area contributed by atoms with Crippen LogP contribution >= 0.6 is 0 Å². The van der Waals surface area contributed by atoms with E-state index in [0.29, 0.717) is 23.3 Å². The van der Waals surface area contributed by atoms with E-state index in [2.05, 4.69) is 145 Å². The van der Waals surface area contributed by atoms with Crippen LogP contribution in [-0.2, 0) is 50.3 Å². The Balaban J connectivity index is 0.000000228. The van der Waals surface area contributed by atoms with Gasteiger partial charge in [0, 0.05) is 112 Å². The molecule has 8 heterocycles. The second-order valence-corrected chi connectivity index (χ2v) is 21.8. The molecule has 2 radical (unpaired) electrons. The largest absolute Gasteiger partial charge is 0.741 e. The van der Waals surface area contributed by atoms with E-state index in [4.69, 9.17) is 43.4 Å². The SMILES string of the molecule is CC(C)c1ccc2c(n1)oc1c(-c3cc(-c4ccccc4)ccn3)[c-]ccc12.CC(C)c1ccc2c(n1)oc1c(-c3cc(-c4ccccc4)ccn3)cccc12.CO.CO.O=S(=O)([O-])C(F)(F)F.[2H]CF.[Ir].[Ir].[c-]1ccccc1-c1ccccn1.[c-]1ccccc1-c1ccccn1. The predicted molar refractivity (Wildman–Crippen MR) is 363 cm³/mol. The van der Waals surface area contributed by atoms with Crippen LogP contribution in [0, 0.1) is 18.2 Å². The number of fused-ring (bicyclic) bond motifs is 6. The second-order valence-electron chi connectivity index (χ2n) is 20.4. The molecule has 0 aliphatic carbocycles. The first-order valence-electron chi connectivity index (χ1n) is 29.8. The van der Waals surface area contributed by atoms with Crippen LogP contribution in [0.5, 0.6) is 0 Å². The van der Waals surface area contributed by atoms with Crippen molar-refractivity contribution in [2.24, 2.45) is 0 Å². The number of hydrogen-bond acceptors (Lipinski definition) is 13. The van der Waals surface area contributed by atoms with Gasteiger partial charge in [0.1, 0.15) is 5.58 Å². The summed E-state index contributed by atoms with van der Waals surface area (Å²) in [5.74, 6) is 0.717. The molecule has 96 heavy (non-hydrogen) atoms. The van der Waals surface area contributed by atoms with Crippen LogP contribution in [-0.4, -0.2) is 80.0 Å². The Morgan fingerprint density at radius 1 is 0.458 bits per heavy atom. The van der Waals surface area contributed by atoms with E-state index in [1.807, 2.05) is 158 Å². The van der Waals surface area contributed by atoms with Crippen LogP contribution in [0.2, 0.25) is 0 Å². The summed E-state index contributed by atoms with van der Waals surface area (Å²) in [7, 11) is -5.09. The van der Waals surface area contributed by atoms with Crippen LogP contribution in [0.15, 0.2) is 258 Å². The zero-order chi connectivity index (χ0) is 68.3. The van der Waals surface area contributed by atoms with Crippen LogP contribution in [0.25, 0.3) is 111 Å². The van der Waals surface area contributed by atoms with E-state index < -0.39 is 22.8 Å². The monoisotopic (exact) mass is 1670 g/mol. The van der Waals surface area contributed by atoms with Gasteiger partial charge < -0.3 is 38.6 Å². The average molecular weight is 1670 g/mol. The minimum absolute atomic E-state index is 0. The van der Waals surface area contributed by atoms with Gasteiger partial charge in [0.05, 0.1) is 19.8 Å². The quantitative estimate of drug-likeness (QED) is 0.0630. The Labute approximate surface area is 584 Å². The van der Waals surface area contributed by atoms with Gasteiger partial charge in [0.15, 0.2) is 10.1 Å². The topological polar surface area (TPSA) is 201 Å². The molecule has 0 saturated heterocycles. The Hall–Kier alpha value is -9.33. The summed E-state index contributed by atoms with van der Waals surface area (Å²) < 4.78 is 86.8. The number of alkyl halides is 4. The Morgan fingerprint density at radius 3 is 1.30 bits per heavy atom. The zero-order valence-corrected chi connectivity index (χ0v) is 58.3. The third kappa shape index (κ3) is 20.6. The number of aliphatic hydroxyl groups excluding tert-OH is 2. The number of hydrogen-bond donors (Lipinski definition) is 2. The van der Waals surface area contributed by atoms with Crippen molar-refractivity contribution in [1.29, 1.82) is 0 Å². The Kier molecular flexibility index (Phi) is 30.2. The molecule has 0 amide bonds. The van der Waals surface area contributed by atoms with E-state index in [1.165, 1.54) is 5.56 Å². The van der Waals surface area contributed by atoms with Crippen molar-refractivity contribution in [3.8, 4) is 67.3 Å². The van der Waals surface area contributed by atoms with E-state index in [-0.39, 0.29) is 40.2 Å². The normalized spacial score (nSPS) is 10.6.